The molecule has 1 aromatic carbocycles. The molecule has 28 heavy (non-hydrogen) atoms. The maximum absolute atomic E-state index is 13.3. The van der Waals surface area contributed by atoms with Crippen molar-refractivity contribution in [1.82, 2.24) is 14.7 Å². The van der Waals surface area contributed by atoms with Crippen molar-refractivity contribution >= 4 is 17.7 Å². The van der Waals surface area contributed by atoms with Gasteiger partial charge >= 0.3 is 0 Å². The Morgan fingerprint density at radius 1 is 1.18 bits per heavy atom. The quantitative estimate of drug-likeness (QED) is 0.769. The zero-order chi connectivity index (χ0) is 19.5. The summed E-state index contributed by atoms with van der Waals surface area (Å²) in [6.45, 7) is 5.82. The molecule has 3 aliphatic rings. The number of hydrogen-bond acceptors (Lipinski definition) is 6. The van der Waals surface area contributed by atoms with Crippen LogP contribution in [-0.4, -0.2) is 72.5 Å². The molecule has 0 aliphatic carbocycles. The van der Waals surface area contributed by atoms with Crippen molar-refractivity contribution in [2.24, 2.45) is 0 Å². The molecule has 148 valence electrons. The Labute approximate surface area is 168 Å². The minimum Gasteiger partial charge on any atom is -0.379 e. The van der Waals surface area contributed by atoms with Gasteiger partial charge in [-0.25, -0.2) is 4.39 Å². The Hall–Kier alpha value is -1.92. The lowest BCUT2D eigenvalue weighted by molar-refractivity contribution is -0.131. The van der Waals surface area contributed by atoms with Gasteiger partial charge in [0, 0.05) is 38.5 Å². The number of benzene rings is 1. The molecular formula is C20H23FN4O2S. The van der Waals surface area contributed by atoms with Crippen LogP contribution in [-0.2, 0) is 9.53 Å². The number of nitriles is 1. The van der Waals surface area contributed by atoms with Gasteiger partial charge in [-0.2, -0.15) is 5.26 Å². The summed E-state index contributed by atoms with van der Waals surface area (Å²) in [5.41, 5.74) is 1.43. The topological polar surface area (TPSA) is 59.8 Å². The summed E-state index contributed by atoms with van der Waals surface area (Å²) >= 11 is 1.55. The molecule has 2 fully saturated rings. The van der Waals surface area contributed by atoms with Crippen LogP contribution < -0.4 is 0 Å². The number of morpholine rings is 1. The number of ether oxygens (including phenoxy) is 1. The molecule has 1 unspecified atom stereocenters. The number of allylic oxidation sites excluding steroid dienone is 1. The number of rotatable bonds is 4. The fraction of sp³-hybridized carbons (Fsp3) is 0.500. The second-order valence-corrected chi connectivity index (χ2v) is 8.16. The lowest BCUT2D eigenvalue weighted by Crippen LogP contribution is -2.49. The molecular weight excluding hydrogens is 379 g/mol. The van der Waals surface area contributed by atoms with Crippen LogP contribution in [0.4, 0.5) is 4.39 Å². The van der Waals surface area contributed by atoms with Gasteiger partial charge < -0.3 is 4.74 Å². The van der Waals surface area contributed by atoms with Crippen LogP contribution in [0.5, 0.6) is 0 Å². The summed E-state index contributed by atoms with van der Waals surface area (Å²) in [5.74, 6) is 0.162. The normalized spacial score (nSPS) is 24.2. The first-order valence-corrected chi connectivity index (χ1v) is 10.5. The second-order valence-electron chi connectivity index (χ2n) is 7.22. The van der Waals surface area contributed by atoms with Crippen molar-refractivity contribution in [3.8, 4) is 6.07 Å². The van der Waals surface area contributed by atoms with Crippen molar-refractivity contribution in [1.29, 1.82) is 5.26 Å². The molecule has 0 N–H and O–H groups in total. The van der Waals surface area contributed by atoms with Crippen molar-refractivity contribution in [2.45, 2.75) is 12.3 Å². The Morgan fingerprint density at radius 3 is 2.61 bits per heavy atom. The van der Waals surface area contributed by atoms with Gasteiger partial charge in [-0.1, -0.05) is 23.9 Å². The summed E-state index contributed by atoms with van der Waals surface area (Å²) in [6.07, 6.45) is 0.246. The summed E-state index contributed by atoms with van der Waals surface area (Å²) in [6, 6.07) is 8.42. The van der Waals surface area contributed by atoms with Gasteiger partial charge in [0.25, 0.3) is 0 Å². The predicted molar refractivity (Wildman–Crippen MR) is 105 cm³/mol. The lowest BCUT2D eigenvalue weighted by atomic mass is 9.86. The van der Waals surface area contributed by atoms with Crippen LogP contribution in [0.25, 0.3) is 0 Å². The average molecular weight is 402 g/mol. The average Bonchev–Trinajstić information content (AvgIpc) is 2.73. The first-order valence-electron chi connectivity index (χ1n) is 9.51. The van der Waals surface area contributed by atoms with Gasteiger partial charge in [0.2, 0.25) is 5.91 Å². The van der Waals surface area contributed by atoms with Crippen molar-refractivity contribution in [2.75, 3.05) is 51.9 Å². The van der Waals surface area contributed by atoms with E-state index in [0.29, 0.717) is 12.2 Å². The van der Waals surface area contributed by atoms with Gasteiger partial charge in [-0.3, -0.25) is 19.5 Å². The molecule has 1 amide bonds. The van der Waals surface area contributed by atoms with Crippen molar-refractivity contribution in [3.05, 3.63) is 46.2 Å². The van der Waals surface area contributed by atoms with E-state index < -0.39 is 0 Å². The Morgan fingerprint density at radius 2 is 1.89 bits per heavy atom. The van der Waals surface area contributed by atoms with Gasteiger partial charge in [0.05, 0.1) is 42.4 Å². The van der Waals surface area contributed by atoms with Crippen molar-refractivity contribution in [3.63, 3.8) is 0 Å². The highest BCUT2D eigenvalue weighted by molar-refractivity contribution is 8.03. The monoisotopic (exact) mass is 402 g/mol. The first-order chi connectivity index (χ1) is 13.7. The maximum atomic E-state index is 13.3. The van der Waals surface area contributed by atoms with E-state index in [2.05, 4.69) is 15.9 Å². The molecule has 0 aromatic heterocycles. The Bertz CT molecular complexity index is 801. The minimum absolute atomic E-state index is 0.0203. The molecule has 8 heteroatoms. The zero-order valence-corrected chi connectivity index (χ0v) is 16.5. The molecule has 6 nitrogen and oxygen atoms in total. The largest absolute Gasteiger partial charge is 0.379 e. The van der Waals surface area contributed by atoms with E-state index >= 15 is 0 Å². The molecule has 0 radical (unpaired) electrons. The standard InChI is InChI=1S/C20H23FN4O2S/c21-16-3-1-15(2-4-16)17-11-19(26)25-13-24(14-28-20(25)18(17)12-22)6-5-23-7-9-27-10-8-23/h1-4,17H,5-11,13-14H2. The van der Waals surface area contributed by atoms with Crippen LogP contribution in [0.2, 0.25) is 0 Å². The molecule has 4 rings (SSSR count). The molecule has 2 saturated heterocycles. The van der Waals surface area contributed by atoms with E-state index in [0.717, 1.165) is 55.9 Å². The van der Waals surface area contributed by atoms with E-state index in [1.807, 2.05) is 0 Å². The Balaban J connectivity index is 1.47. The Kier molecular flexibility index (Phi) is 5.97. The van der Waals surface area contributed by atoms with Crippen LogP contribution in [0.1, 0.15) is 17.9 Å². The summed E-state index contributed by atoms with van der Waals surface area (Å²) in [5, 5.41) is 10.5. The molecule has 1 aromatic rings. The first kappa shape index (κ1) is 19.4. The van der Waals surface area contributed by atoms with E-state index in [4.69, 9.17) is 4.74 Å². The zero-order valence-electron chi connectivity index (χ0n) is 15.6. The molecule has 3 heterocycles. The number of carbonyl (C=O) groups excluding carboxylic acids is 1. The van der Waals surface area contributed by atoms with Gasteiger partial charge in [-0.05, 0) is 17.7 Å². The van der Waals surface area contributed by atoms with Crippen molar-refractivity contribution < 1.29 is 13.9 Å². The van der Waals surface area contributed by atoms with Gasteiger partial charge in [0.1, 0.15) is 5.82 Å². The number of carbonyl (C=O) groups is 1. The lowest BCUT2D eigenvalue weighted by Gasteiger charge is -2.41. The number of hydrogen-bond donors (Lipinski definition) is 0. The predicted octanol–water partition coefficient (Wildman–Crippen LogP) is 2.17. The fourth-order valence-corrected chi connectivity index (χ4v) is 5.01. The summed E-state index contributed by atoms with van der Waals surface area (Å²) < 4.78 is 18.6. The third-order valence-electron chi connectivity index (χ3n) is 5.46. The highest BCUT2D eigenvalue weighted by Gasteiger charge is 2.38. The number of nitrogens with zero attached hydrogens (tertiary/aromatic N) is 4. The number of amides is 1. The molecule has 0 bridgehead atoms. The molecule has 0 spiro atoms. The van der Waals surface area contributed by atoms with Crippen LogP contribution >= 0.6 is 11.8 Å². The molecule has 3 aliphatic heterocycles. The highest BCUT2D eigenvalue weighted by atomic mass is 32.2. The van der Waals surface area contributed by atoms with Crippen LogP contribution in [0.15, 0.2) is 34.9 Å². The summed E-state index contributed by atoms with van der Waals surface area (Å²) in [4.78, 5) is 19.2. The highest BCUT2D eigenvalue weighted by Crippen LogP contribution is 2.42. The third-order valence-corrected chi connectivity index (χ3v) is 6.67. The maximum Gasteiger partial charge on any atom is 0.229 e. The molecule has 0 saturated carbocycles. The van der Waals surface area contributed by atoms with E-state index in [1.165, 1.54) is 12.1 Å². The van der Waals surface area contributed by atoms with Gasteiger partial charge in [0.15, 0.2) is 0 Å². The van der Waals surface area contributed by atoms with Crippen LogP contribution in [0.3, 0.4) is 0 Å². The van der Waals surface area contributed by atoms with Crippen LogP contribution in [0, 0.1) is 17.1 Å². The molecule has 1 atom stereocenters. The van der Waals surface area contributed by atoms with E-state index in [9.17, 15) is 14.4 Å². The smallest absolute Gasteiger partial charge is 0.229 e. The van der Waals surface area contributed by atoms with Gasteiger partial charge in [-0.15, -0.1) is 0 Å². The number of thioether (sulfide) groups is 1. The summed E-state index contributed by atoms with van der Waals surface area (Å²) in [7, 11) is 0. The second kappa shape index (κ2) is 8.62. The minimum atomic E-state index is -0.318. The number of fused-ring (bicyclic) bond motifs is 1. The fourth-order valence-electron chi connectivity index (χ4n) is 3.83. The van der Waals surface area contributed by atoms with E-state index in [1.54, 1.807) is 28.8 Å². The van der Waals surface area contributed by atoms with E-state index in [-0.39, 0.29) is 24.1 Å². The number of halogens is 1. The SMILES string of the molecule is N#CC1=C2SCN(CCN3CCOCC3)CN2C(=O)CC1c1ccc(F)cc1. The third kappa shape index (κ3) is 4.08.